The quantitative estimate of drug-likeness (QED) is 0.814. The third kappa shape index (κ3) is 4.73. The summed E-state index contributed by atoms with van der Waals surface area (Å²) < 4.78 is 0. The van der Waals surface area contributed by atoms with E-state index in [4.69, 9.17) is 5.73 Å². The van der Waals surface area contributed by atoms with Gasteiger partial charge in [0.05, 0.1) is 4.88 Å². The Balaban J connectivity index is 1.69. The van der Waals surface area contributed by atoms with E-state index in [2.05, 4.69) is 28.9 Å². The average Bonchev–Trinajstić information content (AvgIpc) is 3.22. The summed E-state index contributed by atoms with van der Waals surface area (Å²) in [6, 6.07) is 12.4. The molecular formula is C21H24N2O2S. The van der Waals surface area contributed by atoms with Crippen LogP contribution in [0.5, 0.6) is 0 Å². The number of amides is 1. The minimum absolute atomic E-state index is 0.350. The number of thiophene rings is 1. The van der Waals surface area contributed by atoms with Gasteiger partial charge in [-0.1, -0.05) is 24.0 Å². The Morgan fingerprint density at radius 1 is 1.31 bits per heavy atom. The van der Waals surface area contributed by atoms with E-state index in [9.17, 15) is 9.90 Å². The Kier molecular flexibility index (Phi) is 5.47. The molecule has 4 nitrogen and oxygen atoms in total. The molecule has 1 fully saturated rings. The standard InChI is InChI=1S/C21H24N2O2S/c1-21(2,25)12-11-15-5-7-16(8-6-15)14-23-13-3-4-17(23)18-9-10-19(26-18)20(22)24/h5-10,17,25H,3-4,13-14H2,1-2H3,(H2,22,24)/t17-/m1/s1. The van der Waals surface area contributed by atoms with Gasteiger partial charge < -0.3 is 10.8 Å². The fourth-order valence-corrected chi connectivity index (χ4v) is 4.18. The lowest BCUT2D eigenvalue weighted by atomic mass is 10.1. The van der Waals surface area contributed by atoms with Crippen LogP contribution in [-0.4, -0.2) is 28.1 Å². The van der Waals surface area contributed by atoms with Gasteiger partial charge in [-0.15, -0.1) is 11.3 Å². The van der Waals surface area contributed by atoms with Crippen molar-refractivity contribution in [1.29, 1.82) is 0 Å². The summed E-state index contributed by atoms with van der Waals surface area (Å²) in [4.78, 5) is 15.6. The topological polar surface area (TPSA) is 66.6 Å². The number of nitrogens with zero attached hydrogens (tertiary/aromatic N) is 1. The van der Waals surface area contributed by atoms with Gasteiger partial charge in [0.2, 0.25) is 0 Å². The molecule has 1 aliphatic rings. The van der Waals surface area contributed by atoms with Crippen LogP contribution < -0.4 is 5.73 Å². The zero-order valence-corrected chi connectivity index (χ0v) is 16.0. The Morgan fingerprint density at radius 3 is 2.65 bits per heavy atom. The summed E-state index contributed by atoms with van der Waals surface area (Å²) in [7, 11) is 0. The molecule has 0 bridgehead atoms. The maximum Gasteiger partial charge on any atom is 0.258 e. The molecule has 3 N–H and O–H groups in total. The summed E-state index contributed by atoms with van der Waals surface area (Å²) in [5.41, 5.74) is 6.54. The third-order valence-electron chi connectivity index (χ3n) is 4.41. The van der Waals surface area contributed by atoms with E-state index >= 15 is 0 Å². The minimum Gasteiger partial charge on any atom is -0.378 e. The molecule has 3 rings (SSSR count). The summed E-state index contributed by atoms with van der Waals surface area (Å²) in [5, 5.41) is 9.69. The van der Waals surface area contributed by atoms with Crippen molar-refractivity contribution in [3.8, 4) is 11.8 Å². The Bertz CT molecular complexity index is 837. The fraction of sp³-hybridized carbons (Fsp3) is 0.381. The summed E-state index contributed by atoms with van der Waals surface area (Å²) >= 11 is 1.51. The largest absolute Gasteiger partial charge is 0.378 e. The molecule has 1 aliphatic heterocycles. The number of rotatable bonds is 4. The smallest absolute Gasteiger partial charge is 0.258 e. The molecule has 1 saturated heterocycles. The summed E-state index contributed by atoms with van der Waals surface area (Å²) in [5.74, 6) is 5.47. The molecule has 136 valence electrons. The normalized spacial score (nSPS) is 17.7. The molecule has 26 heavy (non-hydrogen) atoms. The lowest BCUT2D eigenvalue weighted by molar-refractivity contribution is 0.100. The molecule has 0 unspecified atom stereocenters. The number of hydrogen-bond donors (Lipinski definition) is 2. The molecule has 1 aromatic heterocycles. The first-order valence-corrected chi connectivity index (χ1v) is 9.61. The molecule has 0 radical (unpaired) electrons. The molecule has 1 aromatic carbocycles. The van der Waals surface area contributed by atoms with Crippen LogP contribution in [0.2, 0.25) is 0 Å². The first-order chi connectivity index (χ1) is 12.3. The molecule has 0 aliphatic carbocycles. The number of likely N-dealkylation sites (tertiary alicyclic amines) is 1. The van der Waals surface area contributed by atoms with Crippen molar-refractivity contribution >= 4 is 17.2 Å². The van der Waals surface area contributed by atoms with Gasteiger partial charge in [-0.3, -0.25) is 9.69 Å². The van der Waals surface area contributed by atoms with E-state index in [1.807, 2.05) is 24.3 Å². The highest BCUT2D eigenvalue weighted by Gasteiger charge is 2.27. The Hall–Kier alpha value is -2.13. The van der Waals surface area contributed by atoms with E-state index in [1.165, 1.54) is 21.8 Å². The van der Waals surface area contributed by atoms with Gasteiger partial charge in [0, 0.05) is 23.0 Å². The van der Waals surface area contributed by atoms with Crippen molar-refractivity contribution < 1.29 is 9.90 Å². The number of benzene rings is 1. The lowest BCUT2D eigenvalue weighted by Gasteiger charge is -2.23. The van der Waals surface area contributed by atoms with Crippen LogP contribution in [0.1, 0.15) is 58.4 Å². The average molecular weight is 369 g/mol. The Morgan fingerprint density at radius 2 is 2.04 bits per heavy atom. The number of carbonyl (C=O) groups excluding carboxylic acids is 1. The van der Waals surface area contributed by atoms with Gasteiger partial charge in [0.15, 0.2) is 0 Å². The Labute approximate surface area is 158 Å². The molecule has 2 aromatic rings. The number of primary amides is 1. The predicted octanol–water partition coefficient (Wildman–Crippen LogP) is 3.31. The van der Waals surface area contributed by atoms with Gasteiger partial charge in [-0.05, 0) is 63.1 Å². The predicted molar refractivity (Wildman–Crippen MR) is 105 cm³/mol. The number of nitrogens with two attached hydrogens (primary N) is 1. The third-order valence-corrected chi connectivity index (χ3v) is 5.62. The zero-order chi connectivity index (χ0) is 18.7. The van der Waals surface area contributed by atoms with E-state index in [0.29, 0.717) is 10.9 Å². The number of hydrogen-bond acceptors (Lipinski definition) is 4. The molecule has 0 saturated carbocycles. The van der Waals surface area contributed by atoms with Crippen LogP contribution in [-0.2, 0) is 6.54 Å². The molecule has 1 amide bonds. The van der Waals surface area contributed by atoms with Gasteiger partial charge in [0.25, 0.3) is 5.91 Å². The van der Waals surface area contributed by atoms with E-state index in [1.54, 1.807) is 13.8 Å². The van der Waals surface area contributed by atoms with E-state index in [0.717, 1.165) is 31.5 Å². The lowest BCUT2D eigenvalue weighted by Crippen LogP contribution is -2.22. The minimum atomic E-state index is -0.980. The summed E-state index contributed by atoms with van der Waals surface area (Å²) in [6.45, 7) is 5.27. The van der Waals surface area contributed by atoms with Crippen LogP contribution in [0.3, 0.4) is 0 Å². The van der Waals surface area contributed by atoms with E-state index in [-0.39, 0.29) is 5.91 Å². The molecule has 2 heterocycles. The van der Waals surface area contributed by atoms with Crippen LogP contribution >= 0.6 is 11.3 Å². The van der Waals surface area contributed by atoms with Gasteiger partial charge in [-0.25, -0.2) is 0 Å². The van der Waals surface area contributed by atoms with Crippen LogP contribution in [0.4, 0.5) is 0 Å². The van der Waals surface area contributed by atoms with Crippen molar-refractivity contribution in [3.05, 3.63) is 57.3 Å². The first-order valence-electron chi connectivity index (χ1n) is 8.80. The molecule has 0 spiro atoms. The highest BCUT2D eigenvalue weighted by molar-refractivity contribution is 7.14. The maximum absolute atomic E-state index is 11.3. The highest BCUT2D eigenvalue weighted by atomic mass is 32.1. The SMILES string of the molecule is CC(C)(O)C#Cc1ccc(CN2CCC[C@@H]2c2ccc(C(N)=O)s2)cc1. The van der Waals surface area contributed by atoms with Crippen molar-refractivity contribution in [2.75, 3.05) is 6.54 Å². The first kappa shape index (κ1) is 18.7. The fourth-order valence-electron chi connectivity index (χ4n) is 3.16. The molecule has 5 heteroatoms. The van der Waals surface area contributed by atoms with Crippen LogP contribution in [0, 0.1) is 11.8 Å². The molecule has 1 atom stereocenters. The zero-order valence-electron chi connectivity index (χ0n) is 15.2. The second kappa shape index (κ2) is 7.63. The van der Waals surface area contributed by atoms with E-state index < -0.39 is 5.60 Å². The van der Waals surface area contributed by atoms with Crippen molar-refractivity contribution in [2.45, 2.75) is 44.9 Å². The van der Waals surface area contributed by atoms with Gasteiger partial charge in [-0.2, -0.15) is 0 Å². The number of carbonyl (C=O) groups is 1. The second-order valence-corrected chi connectivity index (χ2v) is 8.32. The second-order valence-electron chi connectivity index (χ2n) is 7.20. The van der Waals surface area contributed by atoms with Crippen LogP contribution in [0.15, 0.2) is 36.4 Å². The van der Waals surface area contributed by atoms with Crippen molar-refractivity contribution in [1.82, 2.24) is 4.90 Å². The van der Waals surface area contributed by atoms with Gasteiger partial charge >= 0.3 is 0 Å². The maximum atomic E-state index is 11.3. The number of aliphatic hydroxyl groups is 1. The summed E-state index contributed by atoms with van der Waals surface area (Å²) in [6.07, 6.45) is 2.26. The van der Waals surface area contributed by atoms with Crippen molar-refractivity contribution in [2.24, 2.45) is 5.73 Å². The molecular weight excluding hydrogens is 344 g/mol. The van der Waals surface area contributed by atoms with Gasteiger partial charge in [0.1, 0.15) is 5.60 Å². The van der Waals surface area contributed by atoms with Crippen molar-refractivity contribution in [3.63, 3.8) is 0 Å². The monoisotopic (exact) mass is 368 g/mol. The highest BCUT2D eigenvalue weighted by Crippen LogP contribution is 2.36. The van der Waals surface area contributed by atoms with Crippen LogP contribution in [0.25, 0.3) is 0 Å².